The van der Waals surface area contributed by atoms with Gasteiger partial charge in [-0.1, -0.05) is 29.3 Å². The Labute approximate surface area is 135 Å². The highest BCUT2D eigenvalue weighted by molar-refractivity contribution is 6.36. The van der Waals surface area contributed by atoms with E-state index in [1.807, 2.05) is 0 Å². The number of carbonyl (C=O) groups excluding carboxylic acids is 1. The summed E-state index contributed by atoms with van der Waals surface area (Å²) in [6.45, 7) is 0.0932. The van der Waals surface area contributed by atoms with E-state index in [-0.39, 0.29) is 12.1 Å². The fourth-order valence-corrected chi connectivity index (χ4v) is 2.87. The van der Waals surface area contributed by atoms with Gasteiger partial charge in [0.1, 0.15) is 0 Å². The van der Waals surface area contributed by atoms with Gasteiger partial charge in [-0.15, -0.1) is 10.2 Å². The van der Waals surface area contributed by atoms with Crippen molar-refractivity contribution in [3.63, 3.8) is 0 Å². The van der Waals surface area contributed by atoms with Gasteiger partial charge < -0.3 is 11.5 Å². The fraction of sp³-hybridized carbons (Fsp3) is 0.0714. The molecular weight excluding hydrogens is 325 g/mol. The summed E-state index contributed by atoms with van der Waals surface area (Å²) in [5.74, 6) is -0.640. The second-order valence-electron chi connectivity index (χ2n) is 4.58. The van der Waals surface area contributed by atoms with Crippen LogP contribution in [0.5, 0.6) is 0 Å². The number of rotatable bonds is 3. The zero-order valence-electron chi connectivity index (χ0n) is 11.2. The average Bonchev–Trinajstić information content (AvgIpc) is 2.92. The molecule has 0 aliphatic rings. The van der Waals surface area contributed by atoms with Crippen molar-refractivity contribution in [2.24, 2.45) is 11.5 Å². The highest BCUT2D eigenvalue weighted by atomic mass is 35.5. The van der Waals surface area contributed by atoms with Crippen LogP contribution in [0.2, 0.25) is 10.0 Å². The summed E-state index contributed by atoms with van der Waals surface area (Å²) in [5, 5.41) is 8.49. The van der Waals surface area contributed by atoms with Crippen LogP contribution in [0.4, 0.5) is 0 Å². The number of pyridine rings is 1. The number of carbonyl (C=O) groups is 1. The van der Waals surface area contributed by atoms with Gasteiger partial charge in [0.15, 0.2) is 5.65 Å². The Kier molecular flexibility index (Phi) is 3.74. The molecule has 0 fully saturated rings. The van der Waals surface area contributed by atoms with Crippen molar-refractivity contribution in [1.82, 2.24) is 14.6 Å². The predicted octanol–water partition coefficient (Wildman–Crippen LogP) is 2.06. The van der Waals surface area contributed by atoms with E-state index in [1.165, 1.54) is 4.40 Å². The number of primary amides is 1. The molecule has 0 atom stereocenters. The van der Waals surface area contributed by atoms with Crippen LogP contribution in [0, 0.1) is 6.33 Å². The zero-order valence-corrected chi connectivity index (χ0v) is 12.7. The summed E-state index contributed by atoms with van der Waals surface area (Å²) in [6.07, 6.45) is 4.35. The quantitative estimate of drug-likeness (QED) is 0.765. The molecule has 3 rings (SSSR count). The Morgan fingerprint density at radius 3 is 2.73 bits per heavy atom. The molecule has 2 aromatic heterocycles. The number of fused-ring (bicyclic) bond motifs is 1. The van der Waals surface area contributed by atoms with Gasteiger partial charge in [-0.3, -0.25) is 9.20 Å². The SMILES string of the molecule is NCc1c(-c2ccc(Cl)cc2Cl)cn2[c]nnc2c1C(N)=O. The molecule has 1 radical (unpaired) electrons. The maximum Gasteiger partial charge on any atom is 0.252 e. The molecule has 0 saturated heterocycles. The molecule has 4 N–H and O–H groups in total. The highest BCUT2D eigenvalue weighted by Gasteiger charge is 2.20. The third kappa shape index (κ3) is 2.31. The molecular formula is C14H10Cl2N5O. The van der Waals surface area contributed by atoms with E-state index in [0.717, 1.165) is 0 Å². The smallest absolute Gasteiger partial charge is 0.252 e. The molecule has 0 unspecified atom stereocenters. The molecule has 2 heterocycles. The van der Waals surface area contributed by atoms with Gasteiger partial charge in [0, 0.05) is 33.9 Å². The molecule has 1 amide bonds. The lowest BCUT2D eigenvalue weighted by Crippen LogP contribution is -2.18. The largest absolute Gasteiger partial charge is 0.365 e. The first-order chi connectivity index (χ1) is 10.5. The number of aromatic nitrogens is 3. The van der Waals surface area contributed by atoms with E-state index in [4.69, 9.17) is 34.7 Å². The van der Waals surface area contributed by atoms with Crippen molar-refractivity contribution in [2.75, 3.05) is 0 Å². The van der Waals surface area contributed by atoms with Crippen LogP contribution in [0.15, 0.2) is 24.4 Å². The van der Waals surface area contributed by atoms with Crippen molar-refractivity contribution in [1.29, 1.82) is 0 Å². The van der Waals surface area contributed by atoms with Crippen LogP contribution in [-0.4, -0.2) is 20.5 Å². The second kappa shape index (κ2) is 5.57. The van der Waals surface area contributed by atoms with Crippen molar-refractivity contribution >= 4 is 34.8 Å². The van der Waals surface area contributed by atoms with Crippen LogP contribution >= 0.6 is 23.2 Å². The number of nitrogens with two attached hydrogens (primary N) is 2. The van der Waals surface area contributed by atoms with Crippen molar-refractivity contribution in [2.45, 2.75) is 6.54 Å². The monoisotopic (exact) mass is 334 g/mol. The third-order valence-electron chi connectivity index (χ3n) is 3.31. The molecule has 3 aromatic rings. The Morgan fingerprint density at radius 1 is 1.32 bits per heavy atom. The minimum atomic E-state index is -0.640. The normalized spacial score (nSPS) is 11.0. The number of amides is 1. The fourth-order valence-electron chi connectivity index (χ4n) is 2.36. The number of benzene rings is 1. The first-order valence-corrected chi connectivity index (χ1v) is 7.02. The summed E-state index contributed by atoms with van der Waals surface area (Å²) in [7, 11) is 0. The molecule has 0 spiro atoms. The lowest BCUT2D eigenvalue weighted by atomic mass is 9.97. The van der Waals surface area contributed by atoms with E-state index in [2.05, 4.69) is 16.5 Å². The van der Waals surface area contributed by atoms with Gasteiger partial charge in [-0.25, -0.2) is 0 Å². The van der Waals surface area contributed by atoms with Crippen LogP contribution in [0.3, 0.4) is 0 Å². The molecule has 8 heteroatoms. The standard InChI is InChI=1S/C14H10Cl2N5O/c15-7-1-2-8(11(16)3-7)10-5-21-6-19-20-14(21)12(13(18)22)9(10)4-17/h1-3,5H,4,17H2,(H2,18,22). The average molecular weight is 335 g/mol. The van der Waals surface area contributed by atoms with Gasteiger partial charge in [-0.2, -0.15) is 0 Å². The van der Waals surface area contributed by atoms with Crippen molar-refractivity contribution in [3.8, 4) is 11.1 Å². The number of nitrogens with zero attached hydrogens (tertiary/aromatic N) is 3. The van der Waals surface area contributed by atoms with Crippen LogP contribution in [0.25, 0.3) is 16.8 Å². The Hall–Kier alpha value is -2.15. The summed E-state index contributed by atoms with van der Waals surface area (Å²) < 4.78 is 1.49. The number of halogens is 2. The molecule has 22 heavy (non-hydrogen) atoms. The van der Waals surface area contributed by atoms with Gasteiger partial charge in [0.25, 0.3) is 5.91 Å². The molecule has 0 aliphatic carbocycles. The van der Waals surface area contributed by atoms with Gasteiger partial charge in [-0.05, 0) is 17.7 Å². The summed E-state index contributed by atoms with van der Waals surface area (Å²) in [5.41, 5.74) is 13.7. The van der Waals surface area contributed by atoms with Crippen molar-refractivity contribution < 1.29 is 4.79 Å². The minimum absolute atomic E-state index is 0.0932. The maximum atomic E-state index is 11.8. The topological polar surface area (TPSA) is 99.3 Å². The first-order valence-electron chi connectivity index (χ1n) is 6.26. The predicted molar refractivity (Wildman–Crippen MR) is 83.7 cm³/mol. The van der Waals surface area contributed by atoms with Crippen LogP contribution < -0.4 is 11.5 Å². The summed E-state index contributed by atoms with van der Waals surface area (Å²) in [4.78, 5) is 11.8. The van der Waals surface area contributed by atoms with E-state index in [1.54, 1.807) is 24.4 Å². The molecule has 111 valence electrons. The second-order valence-corrected chi connectivity index (χ2v) is 5.43. The number of hydrogen-bond acceptors (Lipinski definition) is 4. The maximum absolute atomic E-state index is 11.8. The Balaban J connectivity index is 2.40. The zero-order chi connectivity index (χ0) is 15.9. The van der Waals surface area contributed by atoms with Gasteiger partial charge in [0.05, 0.1) is 5.56 Å². The third-order valence-corrected chi connectivity index (χ3v) is 3.85. The van der Waals surface area contributed by atoms with Gasteiger partial charge in [0.2, 0.25) is 6.33 Å². The number of hydrogen-bond donors (Lipinski definition) is 2. The Bertz CT molecular complexity index is 890. The molecule has 1 aromatic carbocycles. The lowest BCUT2D eigenvalue weighted by molar-refractivity contribution is 0.100. The van der Waals surface area contributed by atoms with Gasteiger partial charge >= 0.3 is 0 Å². The van der Waals surface area contributed by atoms with E-state index < -0.39 is 5.91 Å². The first kappa shape index (κ1) is 14.8. The molecule has 0 aliphatic heterocycles. The molecule has 6 nitrogen and oxygen atoms in total. The summed E-state index contributed by atoms with van der Waals surface area (Å²) >= 11 is 12.2. The minimum Gasteiger partial charge on any atom is -0.365 e. The van der Waals surface area contributed by atoms with E-state index in [0.29, 0.717) is 32.4 Å². The van der Waals surface area contributed by atoms with E-state index in [9.17, 15) is 4.79 Å². The van der Waals surface area contributed by atoms with E-state index >= 15 is 0 Å². The lowest BCUT2D eigenvalue weighted by Gasteiger charge is -2.14. The van der Waals surface area contributed by atoms with Crippen LogP contribution in [-0.2, 0) is 6.54 Å². The Morgan fingerprint density at radius 2 is 2.09 bits per heavy atom. The molecule has 0 saturated carbocycles. The van der Waals surface area contributed by atoms with Crippen LogP contribution in [0.1, 0.15) is 15.9 Å². The highest BCUT2D eigenvalue weighted by Crippen LogP contribution is 2.34. The molecule has 0 bridgehead atoms. The van der Waals surface area contributed by atoms with Crippen molar-refractivity contribution in [3.05, 3.63) is 51.9 Å². The summed E-state index contributed by atoms with van der Waals surface area (Å²) in [6, 6.07) is 5.07.